The van der Waals surface area contributed by atoms with E-state index in [0.29, 0.717) is 6.42 Å². The van der Waals surface area contributed by atoms with Crippen LogP contribution >= 0.6 is 0 Å². The average molecular weight is 162 g/mol. The minimum Gasteiger partial charge on any atom is -0.166 e. The van der Waals surface area contributed by atoms with E-state index in [9.17, 15) is 13.2 Å². The zero-order valence-corrected chi connectivity index (χ0v) is 5.99. The molecule has 0 heterocycles. The van der Waals surface area contributed by atoms with Gasteiger partial charge in [-0.1, -0.05) is 18.2 Å². The van der Waals surface area contributed by atoms with E-state index in [0.717, 1.165) is 6.42 Å². The minimum atomic E-state index is -4.13. The molecule has 0 saturated carbocycles. The van der Waals surface area contributed by atoms with Gasteiger partial charge in [-0.05, 0) is 19.3 Å². The Balaban J connectivity index is 2.70. The molecule has 1 aliphatic rings. The van der Waals surface area contributed by atoms with Gasteiger partial charge in [0.15, 0.2) is 0 Å². The van der Waals surface area contributed by atoms with Gasteiger partial charge >= 0.3 is 6.18 Å². The summed E-state index contributed by atoms with van der Waals surface area (Å²) < 4.78 is 36.1. The van der Waals surface area contributed by atoms with Crippen LogP contribution in [0.1, 0.15) is 19.3 Å². The Bertz CT molecular complexity index is 186. The highest BCUT2D eigenvalue weighted by Gasteiger charge is 2.32. The summed E-state index contributed by atoms with van der Waals surface area (Å²) in [5, 5.41) is 0. The van der Waals surface area contributed by atoms with E-state index in [1.807, 2.05) is 0 Å². The molecule has 0 N–H and O–H groups in total. The number of hydrogen-bond acceptors (Lipinski definition) is 0. The van der Waals surface area contributed by atoms with Crippen LogP contribution < -0.4 is 0 Å². The zero-order chi connectivity index (χ0) is 8.32. The number of allylic oxidation sites excluding steroid dienone is 4. The van der Waals surface area contributed by atoms with Gasteiger partial charge in [-0.15, -0.1) is 0 Å². The Labute approximate surface area is 63.4 Å². The van der Waals surface area contributed by atoms with Crippen molar-refractivity contribution in [1.29, 1.82) is 0 Å². The highest BCUT2D eigenvalue weighted by molar-refractivity contribution is 5.15. The molecule has 1 rings (SSSR count). The molecule has 11 heavy (non-hydrogen) atoms. The second-order valence-corrected chi connectivity index (χ2v) is 2.48. The summed E-state index contributed by atoms with van der Waals surface area (Å²) in [5.41, 5.74) is -0.411. The van der Waals surface area contributed by atoms with E-state index in [4.69, 9.17) is 0 Å². The summed E-state index contributed by atoms with van der Waals surface area (Å²) in [6.07, 6.45) is 1.77. The third kappa shape index (κ3) is 2.41. The Morgan fingerprint density at radius 2 is 1.82 bits per heavy atom. The second kappa shape index (κ2) is 3.11. The van der Waals surface area contributed by atoms with Crippen molar-refractivity contribution in [3.63, 3.8) is 0 Å². The van der Waals surface area contributed by atoms with E-state index in [1.54, 1.807) is 12.2 Å². The maximum absolute atomic E-state index is 12.0. The maximum atomic E-state index is 12.0. The molecule has 0 spiro atoms. The molecule has 0 aliphatic heterocycles. The smallest absolute Gasteiger partial charge is 0.166 e. The Morgan fingerprint density at radius 1 is 1.09 bits per heavy atom. The van der Waals surface area contributed by atoms with Crippen LogP contribution in [0.15, 0.2) is 23.8 Å². The number of alkyl halides is 3. The van der Waals surface area contributed by atoms with Gasteiger partial charge < -0.3 is 0 Å². The Hall–Kier alpha value is -0.730. The van der Waals surface area contributed by atoms with Gasteiger partial charge in [0, 0.05) is 5.57 Å². The molecule has 0 aromatic heterocycles. The van der Waals surface area contributed by atoms with Gasteiger partial charge in [-0.2, -0.15) is 13.2 Å². The molecule has 1 aliphatic carbocycles. The quantitative estimate of drug-likeness (QED) is 0.480. The number of hydrogen-bond donors (Lipinski definition) is 0. The fraction of sp³-hybridized carbons (Fsp3) is 0.500. The fourth-order valence-corrected chi connectivity index (χ4v) is 0.997. The fourth-order valence-electron chi connectivity index (χ4n) is 0.997. The topological polar surface area (TPSA) is 0 Å². The summed E-state index contributed by atoms with van der Waals surface area (Å²) in [4.78, 5) is 0. The van der Waals surface area contributed by atoms with E-state index in [2.05, 4.69) is 0 Å². The molecule has 3 heteroatoms. The molecule has 0 amide bonds. The van der Waals surface area contributed by atoms with Crippen LogP contribution in [0.5, 0.6) is 0 Å². The first-order valence-corrected chi connectivity index (χ1v) is 3.52. The lowest BCUT2D eigenvalue weighted by molar-refractivity contribution is -0.0931. The van der Waals surface area contributed by atoms with Crippen LogP contribution in [0.25, 0.3) is 0 Å². The monoisotopic (exact) mass is 162 g/mol. The van der Waals surface area contributed by atoms with Crippen molar-refractivity contribution in [1.82, 2.24) is 0 Å². The SMILES string of the molecule is FC(F)(F)C1=CCCC=CC1. The molecule has 0 unspecified atom stereocenters. The molecule has 0 saturated heterocycles. The van der Waals surface area contributed by atoms with Crippen molar-refractivity contribution in [3.05, 3.63) is 23.8 Å². The van der Waals surface area contributed by atoms with E-state index in [1.165, 1.54) is 6.08 Å². The molecular weight excluding hydrogens is 153 g/mol. The van der Waals surface area contributed by atoms with Crippen molar-refractivity contribution < 1.29 is 13.2 Å². The van der Waals surface area contributed by atoms with Crippen molar-refractivity contribution >= 4 is 0 Å². The Morgan fingerprint density at radius 3 is 2.45 bits per heavy atom. The van der Waals surface area contributed by atoms with Crippen LogP contribution in [0.2, 0.25) is 0 Å². The summed E-state index contributed by atoms with van der Waals surface area (Å²) in [6.45, 7) is 0. The standard InChI is InChI=1S/C8H9F3/c9-8(10,11)7-5-3-1-2-4-6-7/h1,3,6H,2,4-5H2. The maximum Gasteiger partial charge on any atom is 0.412 e. The lowest BCUT2D eigenvalue weighted by atomic mass is 10.1. The van der Waals surface area contributed by atoms with E-state index < -0.39 is 11.7 Å². The van der Waals surface area contributed by atoms with Gasteiger partial charge in [0.2, 0.25) is 0 Å². The first-order valence-electron chi connectivity index (χ1n) is 3.52. The minimum absolute atomic E-state index is 0.0312. The first-order chi connectivity index (χ1) is 5.11. The van der Waals surface area contributed by atoms with Crippen LogP contribution in [-0.4, -0.2) is 6.18 Å². The molecule has 62 valence electrons. The molecular formula is C8H9F3. The van der Waals surface area contributed by atoms with Crippen LogP contribution in [0.4, 0.5) is 13.2 Å². The number of rotatable bonds is 0. The Kier molecular flexibility index (Phi) is 2.37. The highest BCUT2D eigenvalue weighted by atomic mass is 19.4. The van der Waals surface area contributed by atoms with Crippen molar-refractivity contribution in [3.8, 4) is 0 Å². The molecule has 0 nitrogen and oxygen atoms in total. The van der Waals surface area contributed by atoms with Gasteiger partial charge in [-0.25, -0.2) is 0 Å². The van der Waals surface area contributed by atoms with Gasteiger partial charge in [-0.3, -0.25) is 0 Å². The zero-order valence-electron chi connectivity index (χ0n) is 5.99. The van der Waals surface area contributed by atoms with Gasteiger partial charge in [0.25, 0.3) is 0 Å². The van der Waals surface area contributed by atoms with Crippen LogP contribution in [0.3, 0.4) is 0 Å². The van der Waals surface area contributed by atoms with Gasteiger partial charge in [0.1, 0.15) is 0 Å². The first kappa shape index (κ1) is 8.37. The number of halogens is 3. The van der Waals surface area contributed by atoms with Crippen molar-refractivity contribution in [2.24, 2.45) is 0 Å². The van der Waals surface area contributed by atoms with Crippen molar-refractivity contribution in [2.45, 2.75) is 25.4 Å². The normalized spacial score (nSPS) is 19.4. The predicted molar refractivity (Wildman–Crippen MR) is 37.1 cm³/mol. The molecule has 0 radical (unpaired) electrons. The highest BCUT2D eigenvalue weighted by Crippen LogP contribution is 2.30. The largest absolute Gasteiger partial charge is 0.412 e. The average Bonchev–Trinajstić information content (AvgIpc) is 2.10. The summed E-state index contributed by atoms with van der Waals surface area (Å²) in [5.74, 6) is 0. The molecule has 0 aromatic rings. The third-order valence-electron chi connectivity index (χ3n) is 1.59. The summed E-state index contributed by atoms with van der Waals surface area (Å²) in [6, 6.07) is 0. The molecule has 0 fully saturated rings. The molecule has 0 bridgehead atoms. The lowest BCUT2D eigenvalue weighted by Crippen LogP contribution is -2.10. The van der Waals surface area contributed by atoms with Crippen LogP contribution in [0, 0.1) is 0 Å². The van der Waals surface area contributed by atoms with Crippen molar-refractivity contribution in [2.75, 3.05) is 0 Å². The van der Waals surface area contributed by atoms with E-state index >= 15 is 0 Å². The van der Waals surface area contributed by atoms with Gasteiger partial charge in [0.05, 0.1) is 0 Å². The molecule has 0 aromatic carbocycles. The third-order valence-corrected chi connectivity index (χ3v) is 1.59. The summed E-state index contributed by atoms with van der Waals surface area (Å²) in [7, 11) is 0. The summed E-state index contributed by atoms with van der Waals surface area (Å²) >= 11 is 0. The van der Waals surface area contributed by atoms with E-state index in [-0.39, 0.29) is 6.42 Å². The lowest BCUT2D eigenvalue weighted by Gasteiger charge is -2.07. The predicted octanol–water partition coefficient (Wildman–Crippen LogP) is 3.22. The second-order valence-electron chi connectivity index (χ2n) is 2.48. The van der Waals surface area contributed by atoms with Crippen LogP contribution in [-0.2, 0) is 0 Å². The molecule has 0 atom stereocenters.